The van der Waals surface area contributed by atoms with Crippen molar-refractivity contribution in [2.45, 2.75) is 19.4 Å². The van der Waals surface area contributed by atoms with Crippen molar-refractivity contribution >= 4 is 12.0 Å². The maximum atomic E-state index is 10.9. The summed E-state index contributed by atoms with van der Waals surface area (Å²) in [4.78, 5) is 21.0. The minimum Gasteiger partial charge on any atom is -0.481 e. The van der Waals surface area contributed by atoms with Crippen molar-refractivity contribution in [3.63, 3.8) is 0 Å². The van der Waals surface area contributed by atoms with E-state index in [2.05, 4.69) is 17.2 Å². The van der Waals surface area contributed by atoms with Crippen LogP contribution in [-0.4, -0.2) is 29.7 Å². The zero-order chi connectivity index (χ0) is 10.3. The summed E-state index contributed by atoms with van der Waals surface area (Å²) in [6.07, 6.45) is 1.51. The third-order valence-corrected chi connectivity index (χ3v) is 1.34. The molecule has 2 amide bonds. The van der Waals surface area contributed by atoms with E-state index in [9.17, 15) is 9.59 Å². The van der Waals surface area contributed by atoms with Gasteiger partial charge >= 0.3 is 12.0 Å². The maximum absolute atomic E-state index is 10.9. The van der Waals surface area contributed by atoms with Crippen LogP contribution in [0.15, 0.2) is 12.7 Å². The van der Waals surface area contributed by atoms with E-state index >= 15 is 0 Å². The molecule has 0 aromatic heterocycles. The highest BCUT2D eigenvalue weighted by atomic mass is 16.4. The summed E-state index contributed by atoms with van der Waals surface area (Å²) in [5, 5.41) is 13.2. The van der Waals surface area contributed by atoms with Crippen molar-refractivity contribution in [3.8, 4) is 0 Å². The van der Waals surface area contributed by atoms with Crippen LogP contribution in [0.1, 0.15) is 13.3 Å². The highest BCUT2D eigenvalue weighted by Crippen LogP contribution is 1.81. The van der Waals surface area contributed by atoms with E-state index < -0.39 is 5.97 Å². The molecule has 0 bridgehead atoms. The molecule has 74 valence electrons. The Hall–Kier alpha value is -1.52. The van der Waals surface area contributed by atoms with Gasteiger partial charge in [0.2, 0.25) is 0 Å². The molecule has 0 aliphatic heterocycles. The van der Waals surface area contributed by atoms with Crippen LogP contribution >= 0.6 is 0 Å². The van der Waals surface area contributed by atoms with E-state index in [0.29, 0.717) is 0 Å². The number of carbonyl (C=O) groups is 2. The van der Waals surface area contributed by atoms with Gasteiger partial charge in [0.1, 0.15) is 0 Å². The van der Waals surface area contributed by atoms with Crippen molar-refractivity contribution in [2.75, 3.05) is 6.54 Å². The molecule has 1 unspecified atom stereocenters. The zero-order valence-corrected chi connectivity index (χ0v) is 7.54. The summed E-state index contributed by atoms with van der Waals surface area (Å²) in [5.41, 5.74) is 0. The topological polar surface area (TPSA) is 78.4 Å². The lowest BCUT2D eigenvalue weighted by Gasteiger charge is -2.09. The Bertz CT molecular complexity index is 204. The van der Waals surface area contributed by atoms with Crippen LogP contribution in [-0.2, 0) is 4.79 Å². The maximum Gasteiger partial charge on any atom is 0.315 e. The van der Waals surface area contributed by atoms with Crippen LogP contribution in [0, 0.1) is 0 Å². The lowest BCUT2D eigenvalue weighted by atomic mass is 10.3. The van der Waals surface area contributed by atoms with Crippen LogP contribution in [0.2, 0.25) is 0 Å². The Morgan fingerprint density at radius 3 is 2.69 bits per heavy atom. The van der Waals surface area contributed by atoms with E-state index in [4.69, 9.17) is 5.11 Å². The first-order chi connectivity index (χ1) is 6.06. The number of carbonyl (C=O) groups excluding carboxylic acids is 1. The molecule has 0 radical (unpaired) electrons. The number of hydrogen-bond acceptors (Lipinski definition) is 2. The molecule has 1 atom stereocenters. The number of hydrogen-bond donors (Lipinski definition) is 3. The molecule has 5 nitrogen and oxygen atoms in total. The van der Waals surface area contributed by atoms with Crippen LogP contribution in [0.25, 0.3) is 0 Å². The van der Waals surface area contributed by atoms with Crippen LogP contribution in [0.5, 0.6) is 0 Å². The molecule has 0 saturated carbocycles. The molecule has 0 aromatic carbocycles. The molecule has 5 heteroatoms. The number of aliphatic carboxylic acids is 1. The van der Waals surface area contributed by atoms with E-state index in [-0.39, 0.29) is 25.0 Å². The second kappa shape index (κ2) is 6.05. The summed E-state index contributed by atoms with van der Waals surface area (Å²) in [7, 11) is 0. The molecule has 13 heavy (non-hydrogen) atoms. The van der Waals surface area contributed by atoms with E-state index in [1.165, 1.54) is 0 Å². The van der Waals surface area contributed by atoms with Crippen molar-refractivity contribution in [1.82, 2.24) is 10.6 Å². The summed E-state index contributed by atoms with van der Waals surface area (Å²) in [6, 6.07) is -0.501. The number of rotatable bonds is 5. The van der Waals surface area contributed by atoms with Gasteiger partial charge in [-0.15, -0.1) is 6.58 Å². The minimum absolute atomic E-state index is 0.0735. The summed E-state index contributed by atoms with van der Waals surface area (Å²) < 4.78 is 0. The first kappa shape index (κ1) is 11.5. The van der Waals surface area contributed by atoms with E-state index in [0.717, 1.165) is 0 Å². The van der Waals surface area contributed by atoms with E-state index in [1.807, 2.05) is 0 Å². The fourth-order valence-corrected chi connectivity index (χ4v) is 0.600. The van der Waals surface area contributed by atoms with Gasteiger partial charge in [-0.1, -0.05) is 6.08 Å². The van der Waals surface area contributed by atoms with Crippen LogP contribution in [0.4, 0.5) is 4.79 Å². The van der Waals surface area contributed by atoms with E-state index in [1.54, 1.807) is 13.0 Å². The summed E-state index contributed by atoms with van der Waals surface area (Å²) >= 11 is 0. The largest absolute Gasteiger partial charge is 0.481 e. The third kappa shape index (κ3) is 6.86. The molecule has 0 aromatic rings. The molecule has 0 saturated heterocycles. The van der Waals surface area contributed by atoms with Crippen molar-refractivity contribution in [2.24, 2.45) is 0 Å². The van der Waals surface area contributed by atoms with Crippen LogP contribution < -0.4 is 10.6 Å². The normalized spacial score (nSPS) is 11.5. The van der Waals surface area contributed by atoms with Crippen molar-refractivity contribution < 1.29 is 14.7 Å². The van der Waals surface area contributed by atoms with Gasteiger partial charge in [0.15, 0.2) is 0 Å². The Balaban J connectivity index is 3.51. The molecule has 0 spiro atoms. The molecular formula is C8H14N2O3. The van der Waals surface area contributed by atoms with Gasteiger partial charge in [-0.2, -0.15) is 0 Å². The van der Waals surface area contributed by atoms with Gasteiger partial charge in [-0.25, -0.2) is 4.79 Å². The summed E-state index contributed by atoms with van der Waals surface area (Å²) in [5.74, 6) is -0.933. The molecule has 0 heterocycles. The number of amides is 2. The lowest BCUT2D eigenvalue weighted by Crippen LogP contribution is -2.40. The molecule has 0 fully saturated rings. The predicted octanol–water partition coefficient (Wildman–Crippen LogP) is 0.335. The van der Waals surface area contributed by atoms with Gasteiger partial charge in [0, 0.05) is 12.6 Å². The highest BCUT2D eigenvalue weighted by molar-refractivity contribution is 5.75. The molecule has 0 aliphatic carbocycles. The zero-order valence-electron chi connectivity index (χ0n) is 7.54. The first-order valence-electron chi connectivity index (χ1n) is 3.95. The fraction of sp³-hybridized carbons (Fsp3) is 0.500. The smallest absolute Gasteiger partial charge is 0.315 e. The van der Waals surface area contributed by atoms with Gasteiger partial charge < -0.3 is 15.7 Å². The predicted molar refractivity (Wildman–Crippen MR) is 48.4 cm³/mol. The van der Waals surface area contributed by atoms with Gasteiger partial charge in [-0.05, 0) is 6.92 Å². The number of nitrogens with one attached hydrogen (secondary N) is 2. The van der Waals surface area contributed by atoms with Gasteiger partial charge in [-0.3, -0.25) is 4.79 Å². The molecule has 3 N–H and O–H groups in total. The quantitative estimate of drug-likeness (QED) is 0.541. The lowest BCUT2D eigenvalue weighted by molar-refractivity contribution is -0.136. The standard InChI is InChI=1S/C8H14N2O3/c1-3-6(2)10-8(13)9-5-4-7(11)12/h3,6H,1,4-5H2,2H3,(H,11,12)(H2,9,10,13). The Morgan fingerprint density at radius 1 is 1.62 bits per heavy atom. The Kier molecular flexibility index (Phi) is 5.34. The Labute approximate surface area is 76.8 Å². The average molecular weight is 186 g/mol. The fourth-order valence-electron chi connectivity index (χ4n) is 0.600. The van der Waals surface area contributed by atoms with Gasteiger partial charge in [0.05, 0.1) is 6.42 Å². The van der Waals surface area contributed by atoms with Crippen molar-refractivity contribution in [3.05, 3.63) is 12.7 Å². The highest BCUT2D eigenvalue weighted by Gasteiger charge is 2.03. The first-order valence-corrected chi connectivity index (χ1v) is 3.95. The number of carboxylic acids is 1. The van der Waals surface area contributed by atoms with Gasteiger partial charge in [0.25, 0.3) is 0 Å². The minimum atomic E-state index is -0.933. The van der Waals surface area contributed by atoms with Crippen LogP contribution in [0.3, 0.4) is 0 Å². The molecule has 0 aliphatic rings. The molecule has 0 rings (SSSR count). The third-order valence-electron chi connectivity index (χ3n) is 1.34. The monoisotopic (exact) mass is 186 g/mol. The van der Waals surface area contributed by atoms with Crippen molar-refractivity contribution in [1.29, 1.82) is 0 Å². The second-order valence-corrected chi connectivity index (χ2v) is 2.57. The Morgan fingerprint density at radius 2 is 2.23 bits per heavy atom. The number of urea groups is 1. The molecular weight excluding hydrogens is 172 g/mol. The second-order valence-electron chi connectivity index (χ2n) is 2.57. The SMILES string of the molecule is C=CC(C)NC(=O)NCCC(=O)O. The number of carboxylic acid groups (broad SMARTS) is 1. The summed E-state index contributed by atoms with van der Waals surface area (Å²) in [6.45, 7) is 5.38. The average Bonchev–Trinajstić information content (AvgIpc) is 2.03.